The number of nitrogens with one attached hydrogen (secondary N) is 3. The van der Waals surface area contributed by atoms with Crippen LogP contribution in [0.2, 0.25) is 0 Å². The summed E-state index contributed by atoms with van der Waals surface area (Å²) >= 11 is 0. The number of oxazole rings is 2. The topological polar surface area (TPSA) is 218 Å². The summed E-state index contributed by atoms with van der Waals surface area (Å²) < 4.78 is 44.2. The van der Waals surface area contributed by atoms with Crippen LogP contribution in [-0.4, -0.2) is 74.9 Å². The van der Waals surface area contributed by atoms with Crippen LogP contribution in [-0.2, 0) is 67.5 Å². The molecule has 14 aromatic rings. The van der Waals surface area contributed by atoms with Gasteiger partial charge in [0.1, 0.15) is 40.6 Å². The number of imidazole rings is 2. The maximum Gasteiger partial charge on any atom is 0.196 e. The number of carbonyl (C=O) groups excluding carboxylic acids is 1. The highest BCUT2D eigenvalue weighted by Gasteiger charge is 2.44. The maximum atomic E-state index is 14.1. The fraction of sp³-hybridized carbons (Fsp3) is 0.226. The Kier molecular flexibility index (Phi) is 21.5. The molecule has 16 rings (SSSR count). The van der Waals surface area contributed by atoms with Gasteiger partial charge in [-0.2, -0.15) is 0 Å². The third-order valence-corrected chi connectivity index (χ3v) is 18.9. The Morgan fingerprint density at radius 1 is 0.447 bits per heavy atom. The summed E-state index contributed by atoms with van der Waals surface area (Å²) in [6, 6.07) is 73.8. The minimum Gasteiger partial charge on any atom is -0.440 e. The summed E-state index contributed by atoms with van der Waals surface area (Å²) in [5, 5.41) is 9.81. The van der Waals surface area contributed by atoms with Crippen molar-refractivity contribution in [1.82, 2.24) is 54.3 Å². The molecule has 17 nitrogen and oxygen atoms in total. The fourth-order valence-corrected chi connectivity index (χ4v) is 13.8. The van der Waals surface area contributed by atoms with Crippen molar-refractivity contribution in [3.8, 4) is 0 Å². The van der Waals surface area contributed by atoms with Crippen LogP contribution in [0.3, 0.4) is 0 Å². The van der Waals surface area contributed by atoms with Crippen LogP contribution >= 0.6 is 0 Å². The van der Waals surface area contributed by atoms with E-state index in [-0.39, 0.29) is 24.7 Å². The summed E-state index contributed by atoms with van der Waals surface area (Å²) in [7, 11) is 0. The first kappa shape index (κ1) is 68.5. The maximum absolute atomic E-state index is 14.1. The number of hydrogen-bond acceptors (Lipinski definition) is 15. The van der Waals surface area contributed by atoms with Gasteiger partial charge in [-0.3, -0.25) is 9.97 Å². The summed E-state index contributed by atoms with van der Waals surface area (Å²) in [6.07, 6.45) is 20.7. The molecule has 0 saturated heterocycles. The monoisotopic (exact) mass is 1370 g/mol. The molecule has 0 spiro atoms. The summed E-state index contributed by atoms with van der Waals surface area (Å²) in [5.74, 6) is 4.78. The SMILES string of the molecule is Fc1cccnc1CNc1nccc2oc(CCNCCc3ncc(CC4CC4)n3C(c3ccccc3)(c3ccccc3)c3ccccc3)nc12.NCCc1nc2c(NCc3ncccc3F)nccc2o1.O=CCc1ncc(CC2CC2)n1C(c1ccccc1)(c1ccccc1)c1ccccc1. The van der Waals surface area contributed by atoms with Crippen LogP contribution in [0.4, 0.5) is 20.4 Å². The number of pyridine rings is 4. The lowest BCUT2D eigenvalue weighted by atomic mass is 9.76. The van der Waals surface area contributed by atoms with Crippen molar-refractivity contribution in [2.45, 2.75) is 88.4 Å². The lowest BCUT2D eigenvalue weighted by Crippen LogP contribution is -2.40. The Morgan fingerprint density at radius 2 is 0.825 bits per heavy atom. The van der Waals surface area contributed by atoms with E-state index in [1.807, 2.05) is 6.20 Å². The Hall–Kier alpha value is -11.7. The van der Waals surface area contributed by atoms with E-state index in [1.54, 1.807) is 49.1 Å². The number of nitrogens with zero attached hydrogens (tertiary/aromatic N) is 10. The van der Waals surface area contributed by atoms with Crippen molar-refractivity contribution in [2.24, 2.45) is 17.6 Å². The van der Waals surface area contributed by atoms with Gasteiger partial charge in [0.05, 0.1) is 30.9 Å². The van der Waals surface area contributed by atoms with Gasteiger partial charge >= 0.3 is 0 Å². The first-order valence-electron chi connectivity index (χ1n) is 35.3. The van der Waals surface area contributed by atoms with E-state index in [4.69, 9.17) is 29.5 Å². The Labute approximate surface area is 596 Å². The first-order chi connectivity index (χ1) is 50.8. The standard InChI is InChI=1S/C42H40FN7O.C28H26N2O.C14H14FN5O/c43-35-17-10-23-45-36(35)29-48-41-40-37(20-26-46-41)51-39(49-40)22-25-44-24-21-38-47-28-34(27-30-18-19-30)50(38)42(31-11-4-1-5-12-31,32-13-6-2-7-14-32)33-15-8-3-9-16-33;31-19-18-27-29-21-26(20-22-16-17-22)30(27)28(23-10-4-1-5-11-23,24-12-6-2-7-13-24)25-14-8-3-9-15-25;15-9-2-1-6-17-10(9)8-19-14-13-11(4-7-18-14)21-12(20-13)3-5-16/h1-17,20,23,26,28,30,44H,18-19,21-22,24-25,27,29H2,(H,46,48);1-15,19,21-22H,16-18,20H2;1-2,4,6-7H,3,5,8,16H2,(H,18,19). The molecule has 0 atom stereocenters. The summed E-state index contributed by atoms with van der Waals surface area (Å²) in [5.41, 5.74) is 17.0. The molecule has 0 aliphatic heterocycles. The lowest BCUT2D eigenvalue weighted by Gasteiger charge is -2.40. The molecule has 103 heavy (non-hydrogen) atoms. The van der Waals surface area contributed by atoms with Crippen molar-refractivity contribution in [2.75, 3.05) is 30.3 Å². The Morgan fingerprint density at radius 3 is 1.20 bits per heavy atom. The van der Waals surface area contributed by atoms with Gasteiger partial charge < -0.3 is 44.4 Å². The van der Waals surface area contributed by atoms with Crippen LogP contribution in [0.25, 0.3) is 22.2 Å². The Bertz CT molecular complexity index is 4860. The van der Waals surface area contributed by atoms with Crippen molar-refractivity contribution < 1.29 is 22.4 Å². The lowest BCUT2D eigenvalue weighted by molar-refractivity contribution is -0.107. The molecule has 6 aromatic carbocycles. The Balaban J connectivity index is 0.000000146. The number of halogens is 2. The van der Waals surface area contributed by atoms with Crippen molar-refractivity contribution in [3.63, 3.8) is 0 Å². The number of carbonyl (C=O) groups is 1. The molecule has 8 heterocycles. The van der Waals surface area contributed by atoms with Crippen LogP contribution in [0, 0.1) is 23.5 Å². The second kappa shape index (κ2) is 32.3. The minimum absolute atomic E-state index is 0.195. The van der Waals surface area contributed by atoms with E-state index in [2.05, 4.69) is 238 Å². The van der Waals surface area contributed by atoms with E-state index in [9.17, 15) is 13.6 Å². The summed E-state index contributed by atoms with van der Waals surface area (Å²) in [6.45, 7) is 2.29. The molecule has 0 unspecified atom stereocenters. The minimum atomic E-state index is -0.608. The van der Waals surface area contributed by atoms with E-state index in [0.29, 0.717) is 101 Å². The molecule has 8 aromatic heterocycles. The average Bonchev–Trinajstić information content (AvgIpc) is 1.20. The van der Waals surface area contributed by atoms with Gasteiger partial charge in [-0.1, -0.05) is 182 Å². The zero-order valence-electron chi connectivity index (χ0n) is 57.1. The van der Waals surface area contributed by atoms with Gasteiger partial charge in [0.15, 0.2) is 45.6 Å². The third-order valence-electron chi connectivity index (χ3n) is 18.9. The number of nitrogens with two attached hydrogens (primary N) is 1. The number of benzene rings is 6. The molecule has 2 aliphatic carbocycles. The zero-order valence-corrected chi connectivity index (χ0v) is 57.1. The molecule has 0 amide bonds. The third kappa shape index (κ3) is 15.3. The van der Waals surface area contributed by atoms with Gasteiger partial charge in [0.25, 0.3) is 0 Å². The van der Waals surface area contributed by atoms with Crippen LogP contribution in [0.1, 0.15) is 105 Å². The predicted molar refractivity (Wildman–Crippen MR) is 396 cm³/mol. The normalized spacial score (nSPS) is 12.9. The van der Waals surface area contributed by atoms with Crippen molar-refractivity contribution in [1.29, 1.82) is 0 Å². The molecule has 2 aliphatic rings. The first-order valence-corrected chi connectivity index (χ1v) is 35.3. The van der Waals surface area contributed by atoms with Crippen molar-refractivity contribution >= 4 is 40.1 Å². The number of anilines is 2. The molecule has 518 valence electrons. The molecular formula is C84H80F2N14O3. The average molecular weight is 1370 g/mol. The second-order valence-corrected chi connectivity index (χ2v) is 25.9. The van der Waals surface area contributed by atoms with E-state index in [0.717, 1.165) is 60.4 Å². The number of fused-ring (bicyclic) bond motifs is 2. The zero-order chi connectivity index (χ0) is 70.2. The second-order valence-electron chi connectivity index (χ2n) is 25.9. The van der Waals surface area contributed by atoms with Crippen LogP contribution < -0.4 is 21.7 Å². The van der Waals surface area contributed by atoms with Crippen LogP contribution in [0.15, 0.2) is 264 Å². The molecule has 0 radical (unpaired) electrons. The molecular weight excluding hydrogens is 1290 g/mol. The molecule has 2 saturated carbocycles. The van der Waals surface area contributed by atoms with Gasteiger partial charge in [-0.15, -0.1) is 0 Å². The molecule has 2 fully saturated rings. The van der Waals surface area contributed by atoms with E-state index >= 15 is 0 Å². The quantitative estimate of drug-likeness (QED) is 0.0204. The highest BCUT2D eigenvalue weighted by molar-refractivity contribution is 5.84. The van der Waals surface area contributed by atoms with E-state index < -0.39 is 11.1 Å². The predicted octanol–water partition coefficient (Wildman–Crippen LogP) is 15.0. The smallest absolute Gasteiger partial charge is 0.196 e. The number of rotatable bonds is 28. The number of aromatic nitrogens is 10. The molecule has 0 bridgehead atoms. The molecule has 5 N–H and O–H groups in total. The number of aldehydes is 1. The van der Waals surface area contributed by atoms with Crippen LogP contribution in [0.5, 0.6) is 0 Å². The molecule has 19 heteroatoms. The summed E-state index contributed by atoms with van der Waals surface area (Å²) in [4.78, 5) is 47.3. The van der Waals surface area contributed by atoms with Gasteiger partial charge in [0, 0.05) is 99.6 Å². The van der Waals surface area contributed by atoms with Gasteiger partial charge in [-0.25, -0.2) is 38.7 Å². The van der Waals surface area contributed by atoms with Gasteiger partial charge in [0.2, 0.25) is 0 Å². The fourth-order valence-electron chi connectivity index (χ4n) is 13.8. The highest BCUT2D eigenvalue weighted by Crippen LogP contribution is 2.46. The van der Waals surface area contributed by atoms with Gasteiger partial charge in [-0.05, 0) is 108 Å². The number of hydrogen-bond donors (Lipinski definition) is 4. The highest BCUT2D eigenvalue weighted by atomic mass is 19.1. The largest absolute Gasteiger partial charge is 0.440 e. The van der Waals surface area contributed by atoms with E-state index in [1.165, 1.54) is 65.9 Å². The van der Waals surface area contributed by atoms with Crippen molar-refractivity contribution in [3.05, 3.63) is 347 Å².